The fraction of sp³-hybridized carbons (Fsp3) is 0.900. The molecule has 0 spiro atoms. The van der Waals surface area contributed by atoms with Crippen molar-refractivity contribution >= 4 is 5.97 Å². The highest BCUT2D eigenvalue weighted by atomic mass is 16.5. The summed E-state index contributed by atoms with van der Waals surface area (Å²) in [4.78, 5) is 13.5. The van der Waals surface area contributed by atoms with E-state index in [1.54, 1.807) is 0 Å². The average molecular weight is 200 g/mol. The molecule has 1 fully saturated rings. The Morgan fingerprint density at radius 3 is 2.57 bits per heavy atom. The smallest absolute Gasteiger partial charge is 0.308 e. The van der Waals surface area contributed by atoms with Crippen LogP contribution in [0.2, 0.25) is 0 Å². The molecule has 4 heteroatoms. The molecule has 0 bridgehead atoms. The number of rotatable bonds is 3. The van der Waals surface area contributed by atoms with Crippen LogP contribution in [0.25, 0.3) is 0 Å². The predicted molar refractivity (Wildman–Crippen MR) is 54.8 cm³/mol. The van der Waals surface area contributed by atoms with E-state index in [2.05, 4.69) is 4.90 Å². The lowest BCUT2D eigenvalue weighted by atomic mass is 9.97. The van der Waals surface area contributed by atoms with E-state index in [1.807, 2.05) is 6.92 Å². The first-order valence-electron chi connectivity index (χ1n) is 5.19. The predicted octanol–water partition coefficient (Wildman–Crippen LogP) is 0.219. The van der Waals surface area contributed by atoms with Gasteiger partial charge in [-0.1, -0.05) is 0 Å². The second-order valence-electron chi connectivity index (χ2n) is 4.08. The van der Waals surface area contributed by atoms with Crippen LogP contribution in [0.4, 0.5) is 0 Å². The van der Waals surface area contributed by atoms with Crippen LogP contribution in [-0.2, 0) is 9.53 Å². The third-order valence-electron chi connectivity index (χ3n) is 2.67. The minimum absolute atomic E-state index is 0.0644. The molecule has 0 radical (unpaired) electrons. The monoisotopic (exact) mass is 200 g/mol. The Morgan fingerprint density at radius 2 is 2.14 bits per heavy atom. The first-order chi connectivity index (χ1) is 6.63. The number of hydrogen-bond acceptors (Lipinski definition) is 4. The number of nitrogens with two attached hydrogens (primary N) is 1. The summed E-state index contributed by atoms with van der Waals surface area (Å²) in [5.74, 6) is 0.0368. The van der Waals surface area contributed by atoms with E-state index in [9.17, 15) is 4.79 Å². The van der Waals surface area contributed by atoms with E-state index < -0.39 is 0 Å². The summed E-state index contributed by atoms with van der Waals surface area (Å²) in [7, 11) is 1.46. The number of likely N-dealkylation sites (tertiary alicyclic amines) is 1. The van der Waals surface area contributed by atoms with Crippen LogP contribution in [0.5, 0.6) is 0 Å². The van der Waals surface area contributed by atoms with Crippen molar-refractivity contribution in [2.24, 2.45) is 11.7 Å². The lowest BCUT2D eigenvalue weighted by molar-refractivity contribution is -0.147. The van der Waals surface area contributed by atoms with Gasteiger partial charge in [0.15, 0.2) is 0 Å². The third-order valence-corrected chi connectivity index (χ3v) is 2.67. The van der Waals surface area contributed by atoms with Gasteiger partial charge in [0.2, 0.25) is 0 Å². The number of nitrogens with zero attached hydrogens (tertiary/aromatic N) is 1. The Labute approximate surface area is 85.4 Å². The average Bonchev–Trinajstić information content (AvgIpc) is 2.17. The van der Waals surface area contributed by atoms with Crippen molar-refractivity contribution in [1.29, 1.82) is 0 Å². The van der Waals surface area contributed by atoms with Crippen molar-refractivity contribution in [3.63, 3.8) is 0 Å². The van der Waals surface area contributed by atoms with Crippen molar-refractivity contribution in [2.45, 2.75) is 25.8 Å². The van der Waals surface area contributed by atoms with Gasteiger partial charge in [-0.2, -0.15) is 0 Å². The highest BCUT2D eigenvalue weighted by Gasteiger charge is 2.25. The van der Waals surface area contributed by atoms with Crippen molar-refractivity contribution in [3.8, 4) is 0 Å². The molecule has 82 valence electrons. The maximum Gasteiger partial charge on any atom is 0.308 e. The molecular weight excluding hydrogens is 180 g/mol. The minimum Gasteiger partial charge on any atom is -0.469 e. The SMILES string of the molecule is COC(=O)C1CCN(CC(C)N)CC1. The Balaban J connectivity index is 2.27. The second kappa shape index (κ2) is 5.32. The van der Waals surface area contributed by atoms with Crippen LogP contribution >= 0.6 is 0 Å². The van der Waals surface area contributed by atoms with Crippen molar-refractivity contribution in [1.82, 2.24) is 4.90 Å². The summed E-state index contributed by atoms with van der Waals surface area (Å²) in [5.41, 5.74) is 5.71. The summed E-state index contributed by atoms with van der Waals surface area (Å²) in [6.45, 7) is 4.85. The first kappa shape index (κ1) is 11.5. The molecule has 0 saturated carbocycles. The second-order valence-corrected chi connectivity index (χ2v) is 4.08. The Kier molecular flexibility index (Phi) is 4.35. The molecule has 4 nitrogen and oxygen atoms in total. The summed E-state index contributed by atoms with van der Waals surface area (Å²) in [5, 5.41) is 0. The summed E-state index contributed by atoms with van der Waals surface area (Å²) < 4.78 is 4.72. The lowest BCUT2D eigenvalue weighted by Crippen LogP contribution is -2.42. The van der Waals surface area contributed by atoms with Crippen LogP contribution < -0.4 is 5.73 Å². The van der Waals surface area contributed by atoms with Crippen LogP contribution in [0.3, 0.4) is 0 Å². The maximum atomic E-state index is 11.2. The highest BCUT2D eigenvalue weighted by molar-refractivity contribution is 5.72. The third kappa shape index (κ3) is 3.27. The number of hydrogen-bond donors (Lipinski definition) is 1. The van der Waals surface area contributed by atoms with E-state index in [0.29, 0.717) is 0 Å². The number of ether oxygens (including phenoxy) is 1. The van der Waals surface area contributed by atoms with Gasteiger partial charge in [0.1, 0.15) is 0 Å². The summed E-state index contributed by atoms with van der Waals surface area (Å²) in [6, 6.07) is 0.213. The number of methoxy groups -OCH3 is 1. The summed E-state index contributed by atoms with van der Waals surface area (Å²) >= 11 is 0. The van der Waals surface area contributed by atoms with E-state index in [1.165, 1.54) is 7.11 Å². The molecule has 1 unspecified atom stereocenters. The van der Waals surface area contributed by atoms with Gasteiger partial charge in [0.25, 0.3) is 0 Å². The topological polar surface area (TPSA) is 55.6 Å². The Hall–Kier alpha value is -0.610. The molecule has 1 aliphatic heterocycles. The quantitative estimate of drug-likeness (QED) is 0.662. The van der Waals surface area contributed by atoms with Crippen molar-refractivity contribution in [3.05, 3.63) is 0 Å². The molecule has 2 N–H and O–H groups in total. The minimum atomic E-state index is -0.0644. The van der Waals surface area contributed by atoms with Gasteiger partial charge in [-0.3, -0.25) is 4.79 Å². The first-order valence-corrected chi connectivity index (χ1v) is 5.19. The molecule has 0 aromatic heterocycles. The molecule has 1 atom stereocenters. The Bertz CT molecular complexity index is 187. The number of esters is 1. The van der Waals surface area contributed by atoms with E-state index in [0.717, 1.165) is 32.5 Å². The van der Waals surface area contributed by atoms with Gasteiger partial charge >= 0.3 is 5.97 Å². The van der Waals surface area contributed by atoms with E-state index >= 15 is 0 Å². The molecule has 1 aliphatic rings. The van der Waals surface area contributed by atoms with Gasteiger partial charge in [-0.25, -0.2) is 0 Å². The molecule has 0 aromatic rings. The van der Waals surface area contributed by atoms with Crippen LogP contribution in [-0.4, -0.2) is 43.7 Å². The molecular formula is C10H20N2O2. The van der Waals surface area contributed by atoms with Gasteiger partial charge < -0.3 is 15.4 Å². The standard InChI is InChI=1S/C10H20N2O2/c1-8(11)7-12-5-3-9(4-6-12)10(13)14-2/h8-9H,3-7,11H2,1-2H3. The fourth-order valence-corrected chi connectivity index (χ4v) is 1.93. The zero-order valence-electron chi connectivity index (χ0n) is 9.03. The van der Waals surface area contributed by atoms with Crippen molar-refractivity contribution in [2.75, 3.05) is 26.7 Å². The molecule has 0 amide bonds. The lowest BCUT2D eigenvalue weighted by Gasteiger charge is -2.31. The number of carbonyl (C=O) groups excluding carboxylic acids is 1. The Morgan fingerprint density at radius 1 is 1.57 bits per heavy atom. The van der Waals surface area contributed by atoms with Crippen LogP contribution in [0.15, 0.2) is 0 Å². The van der Waals surface area contributed by atoms with Crippen LogP contribution in [0, 0.1) is 5.92 Å². The number of carbonyl (C=O) groups is 1. The zero-order chi connectivity index (χ0) is 10.6. The fourth-order valence-electron chi connectivity index (χ4n) is 1.93. The van der Waals surface area contributed by atoms with Gasteiger partial charge in [0, 0.05) is 12.6 Å². The molecule has 0 aromatic carbocycles. The van der Waals surface area contributed by atoms with Gasteiger partial charge in [-0.05, 0) is 32.9 Å². The highest BCUT2D eigenvalue weighted by Crippen LogP contribution is 2.18. The number of piperidine rings is 1. The molecule has 14 heavy (non-hydrogen) atoms. The molecule has 0 aliphatic carbocycles. The van der Waals surface area contributed by atoms with Crippen LogP contribution in [0.1, 0.15) is 19.8 Å². The van der Waals surface area contributed by atoms with E-state index in [-0.39, 0.29) is 17.9 Å². The summed E-state index contributed by atoms with van der Waals surface area (Å²) in [6.07, 6.45) is 1.80. The van der Waals surface area contributed by atoms with Crippen molar-refractivity contribution < 1.29 is 9.53 Å². The zero-order valence-corrected chi connectivity index (χ0v) is 9.03. The largest absolute Gasteiger partial charge is 0.469 e. The normalized spacial score (nSPS) is 21.9. The maximum absolute atomic E-state index is 11.2. The van der Waals surface area contributed by atoms with Gasteiger partial charge in [-0.15, -0.1) is 0 Å². The van der Waals surface area contributed by atoms with Gasteiger partial charge in [0.05, 0.1) is 13.0 Å². The molecule has 1 saturated heterocycles. The van der Waals surface area contributed by atoms with E-state index in [4.69, 9.17) is 10.5 Å². The molecule has 1 heterocycles. The molecule has 1 rings (SSSR count).